The van der Waals surface area contributed by atoms with E-state index in [0.29, 0.717) is 6.26 Å². The van der Waals surface area contributed by atoms with Crippen molar-refractivity contribution in [2.75, 3.05) is 7.05 Å². The van der Waals surface area contributed by atoms with E-state index in [-0.39, 0.29) is 17.0 Å². The van der Waals surface area contributed by atoms with Gasteiger partial charge in [-0.25, -0.2) is 4.39 Å². The van der Waals surface area contributed by atoms with Crippen LogP contribution in [0.15, 0.2) is 35.5 Å². The molecule has 2 N–H and O–H groups in total. The van der Waals surface area contributed by atoms with Crippen LogP contribution in [0.4, 0.5) is 4.39 Å². The summed E-state index contributed by atoms with van der Waals surface area (Å²) in [6.07, 6.45) is 2.38. The average Bonchev–Trinajstić information content (AvgIpc) is 2.15. The Hall–Kier alpha value is -1.98. The topological polar surface area (TPSA) is 81.4 Å². The molecule has 1 aliphatic rings. The average molecular weight is 199 g/mol. The van der Waals surface area contributed by atoms with E-state index in [1.807, 2.05) is 0 Å². The van der Waals surface area contributed by atoms with E-state index >= 15 is 0 Å². The maximum atomic E-state index is 12.9. The first kappa shape index (κ1) is 10.1. The third kappa shape index (κ3) is 1.68. The quantitative estimate of drug-likeness (QED) is 0.372. The predicted molar refractivity (Wildman–Crippen MR) is 49.0 cm³/mol. The van der Waals surface area contributed by atoms with Crippen molar-refractivity contribution in [1.29, 1.82) is 0 Å². The molecule has 0 aromatic heterocycles. The van der Waals surface area contributed by atoms with Crippen LogP contribution in [0.1, 0.15) is 0 Å². The lowest BCUT2D eigenvalue weighted by atomic mass is 10.0. The summed E-state index contributed by atoms with van der Waals surface area (Å²) in [5.74, 6) is -0.653. The van der Waals surface area contributed by atoms with Crippen LogP contribution in [-0.2, 0) is 0 Å². The summed E-state index contributed by atoms with van der Waals surface area (Å²) >= 11 is 0. The molecule has 1 aliphatic carbocycles. The Labute approximate surface area is 79.3 Å². The van der Waals surface area contributed by atoms with Gasteiger partial charge in [0.25, 0.3) is 5.71 Å². The van der Waals surface area contributed by atoms with Crippen LogP contribution in [0.25, 0.3) is 0 Å². The van der Waals surface area contributed by atoms with Crippen molar-refractivity contribution < 1.29 is 14.4 Å². The van der Waals surface area contributed by atoms with Gasteiger partial charge in [0.05, 0.1) is 11.8 Å². The molecule has 0 saturated heterocycles. The molecule has 0 heterocycles. The van der Waals surface area contributed by atoms with Crippen molar-refractivity contribution in [3.05, 3.63) is 45.9 Å². The largest absolute Gasteiger partial charge is 0.612 e. The zero-order valence-electron chi connectivity index (χ0n) is 7.32. The van der Waals surface area contributed by atoms with Gasteiger partial charge < -0.3 is 20.8 Å². The second kappa shape index (κ2) is 3.82. The molecular weight excluding hydrogens is 191 g/mol. The molecule has 0 aliphatic heterocycles. The molecule has 0 amide bonds. The lowest BCUT2D eigenvalue weighted by Gasteiger charge is -2.16. The minimum atomic E-state index is -0.687. The fourth-order valence-corrected chi connectivity index (χ4v) is 1.11. The molecule has 0 radical (unpaired) electrons. The van der Waals surface area contributed by atoms with Crippen molar-refractivity contribution in [2.45, 2.75) is 0 Å². The molecule has 1 rings (SSSR count). The number of nitrogens with zero attached hydrogens (tertiary/aromatic N) is 1. The summed E-state index contributed by atoms with van der Waals surface area (Å²) in [5, 5.41) is 32.3. The Balaban J connectivity index is 3.30. The van der Waals surface area contributed by atoms with Crippen LogP contribution < -0.4 is 5.32 Å². The van der Waals surface area contributed by atoms with Crippen LogP contribution in [0.3, 0.4) is 0 Å². The van der Waals surface area contributed by atoms with Crippen LogP contribution in [0, 0.1) is 10.4 Å². The van der Waals surface area contributed by atoms with Gasteiger partial charge in [-0.3, -0.25) is 0 Å². The van der Waals surface area contributed by atoms with Crippen molar-refractivity contribution >= 4 is 5.71 Å². The first-order valence-electron chi connectivity index (χ1n) is 3.73. The number of allylic oxidation sites excluding steroid dienone is 4. The molecule has 14 heavy (non-hydrogen) atoms. The Kier molecular flexibility index (Phi) is 2.76. The molecule has 0 saturated carbocycles. The van der Waals surface area contributed by atoms with Gasteiger partial charge in [-0.15, -0.1) is 0 Å². The number of aliphatic hydroxyl groups is 1. The van der Waals surface area contributed by atoms with Crippen LogP contribution in [0.2, 0.25) is 0 Å². The van der Waals surface area contributed by atoms with Gasteiger partial charge in [0, 0.05) is 13.1 Å². The number of halogens is 1. The number of aliphatic hydroxyl groups excluding tert-OH is 1. The minimum absolute atomic E-state index is 0.0234. The molecule has 0 aromatic rings. The molecule has 0 fully saturated rings. The summed E-state index contributed by atoms with van der Waals surface area (Å²) < 4.78 is 12.9. The summed E-state index contributed by atoms with van der Waals surface area (Å²) in [5.41, 5.74) is -0.494. The number of nitrogens with one attached hydrogen (secondary N) is 1. The van der Waals surface area contributed by atoms with Gasteiger partial charge in [-0.05, 0) is 6.08 Å². The third-order valence-electron chi connectivity index (χ3n) is 1.70. The maximum Gasteiger partial charge on any atom is 0.256 e. The summed E-state index contributed by atoms with van der Waals surface area (Å²) in [4.78, 5) is -0.687. The van der Waals surface area contributed by atoms with Crippen molar-refractivity contribution in [1.82, 2.24) is 5.32 Å². The van der Waals surface area contributed by atoms with Crippen LogP contribution >= 0.6 is 0 Å². The third-order valence-corrected chi connectivity index (χ3v) is 1.70. The van der Waals surface area contributed by atoms with Crippen molar-refractivity contribution in [3.63, 3.8) is 0 Å². The molecule has 6 heteroatoms. The van der Waals surface area contributed by atoms with E-state index in [4.69, 9.17) is 5.11 Å². The Morgan fingerprint density at radius 1 is 1.50 bits per heavy atom. The van der Waals surface area contributed by atoms with Gasteiger partial charge in [0.2, 0.25) is 0 Å². The lowest BCUT2D eigenvalue weighted by Crippen LogP contribution is -2.25. The number of hydrogen-bond acceptors (Lipinski definition) is 4. The van der Waals surface area contributed by atoms with Crippen molar-refractivity contribution in [2.24, 2.45) is 0 Å². The lowest BCUT2D eigenvalue weighted by molar-refractivity contribution is -0.378. The zero-order chi connectivity index (χ0) is 10.7. The Morgan fingerprint density at radius 2 is 2.14 bits per heavy atom. The summed E-state index contributed by atoms with van der Waals surface area (Å²) in [6.45, 7) is 0. The maximum absolute atomic E-state index is 12.9. The second-order valence-electron chi connectivity index (χ2n) is 2.53. The molecule has 0 spiro atoms. The van der Waals surface area contributed by atoms with E-state index in [1.54, 1.807) is 0 Å². The van der Waals surface area contributed by atoms with E-state index in [9.17, 15) is 14.8 Å². The molecule has 0 bridgehead atoms. The van der Waals surface area contributed by atoms with E-state index < -0.39 is 10.7 Å². The first-order valence-corrected chi connectivity index (χ1v) is 3.73. The number of hydrogen-bond donors (Lipinski definition) is 2. The fourth-order valence-electron chi connectivity index (χ4n) is 1.11. The normalized spacial score (nSPS) is 19.0. The predicted octanol–water partition coefficient (Wildman–Crippen LogP) is 0.848. The number of rotatable bonds is 1. The fraction of sp³-hybridized carbons (Fsp3) is 0.125. The van der Waals surface area contributed by atoms with E-state index in [0.717, 1.165) is 12.2 Å². The van der Waals surface area contributed by atoms with Crippen LogP contribution in [0.5, 0.6) is 0 Å². The molecule has 5 nitrogen and oxygen atoms in total. The highest BCUT2D eigenvalue weighted by Crippen LogP contribution is 2.18. The zero-order valence-corrected chi connectivity index (χ0v) is 7.32. The smallest absolute Gasteiger partial charge is 0.256 e. The van der Waals surface area contributed by atoms with Gasteiger partial charge in [-0.2, -0.15) is 4.90 Å². The molecule has 76 valence electrons. The van der Waals surface area contributed by atoms with Gasteiger partial charge in [0.15, 0.2) is 0 Å². The van der Waals surface area contributed by atoms with E-state index in [1.165, 1.54) is 7.05 Å². The SMILES string of the molecule is CNC1=CC(F)=CC(=CO)C1=[N+]([O-])[O-]. The first-order chi connectivity index (χ1) is 6.60. The summed E-state index contributed by atoms with van der Waals surface area (Å²) in [6, 6.07) is 0. The Bertz CT molecular complexity index is 365. The second-order valence-corrected chi connectivity index (χ2v) is 2.53. The van der Waals surface area contributed by atoms with Gasteiger partial charge in [0.1, 0.15) is 11.5 Å². The molecule has 0 unspecified atom stereocenters. The Morgan fingerprint density at radius 3 is 2.57 bits per heavy atom. The monoisotopic (exact) mass is 199 g/mol. The highest BCUT2D eigenvalue weighted by atomic mass is 19.1. The van der Waals surface area contributed by atoms with Gasteiger partial charge >= 0.3 is 0 Å². The minimum Gasteiger partial charge on any atom is -0.612 e. The molecule has 0 aromatic carbocycles. The summed E-state index contributed by atoms with van der Waals surface area (Å²) in [7, 11) is 1.43. The molecular formula is C8H8FN2O3-. The van der Waals surface area contributed by atoms with Gasteiger partial charge in [-0.1, -0.05) is 0 Å². The van der Waals surface area contributed by atoms with E-state index in [2.05, 4.69) is 5.32 Å². The highest BCUT2D eigenvalue weighted by Gasteiger charge is 2.22. The standard InChI is InChI=1S/C8H8FN2O3/c1-10-7-3-6(9)2-5(4-12)8(7)11(13)14/h2-4,10H,1H3,(H-,12,13,14)/q-1. The van der Waals surface area contributed by atoms with Crippen LogP contribution in [-0.4, -0.2) is 22.8 Å². The molecule has 0 atom stereocenters. The highest BCUT2D eigenvalue weighted by molar-refractivity contribution is 6.11. The van der Waals surface area contributed by atoms with Crippen molar-refractivity contribution in [3.8, 4) is 0 Å².